The van der Waals surface area contributed by atoms with Crippen LogP contribution < -0.4 is 0 Å². The van der Waals surface area contributed by atoms with Crippen LogP contribution in [-0.4, -0.2) is 33.7 Å². The topological polar surface area (TPSA) is 38.1 Å². The molecule has 3 rings (SSSR count). The highest BCUT2D eigenvalue weighted by Gasteiger charge is 2.25. The van der Waals surface area contributed by atoms with Crippen LogP contribution in [0, 0.1) is 6.92 Å². The van der Waals surface area contributed by atoms with E-state index in [1.165, 1.54) is 5.56 Å². The van der Waals surface area contributed by atoms with Gasteiger partial charge in [-0.25, -0.2) is 0 Å². The molecule has 3 heterocycles. The molecule has 0 bridgehead atoms. The molecule has 1 unspecified atom stereocenters. The summed E-state index contributed by atoms with van der Waals surface area (Å²) in [6.45, 7) is 3.65. The number of hydrogen-bond acceptors (Lipinski definition) is 3. The molecular formula is C14H17N3OS. The van der Waals surface area contributed by atoms with E-state index in [0.29, 0.717) is 6.04 Å². The Balaban J connectivity index is 1.73. The molecule has 0 spiro atoms. The lowest BCUT2D eigenvalue weighted by atomic mass is 10.1. The summed E-state index contributed by atoms with van der Waals surface area (Å²) in [6.07, 6.45) is 6.07. The third kappa shape index (κ3) is 2.56. The molecule has 1 amide bonds. The van der Waals surface area contributed by atoms with Gasteiger partial charge in [-0.1, -0.05) is 0 Å². The molecule has 0 aromatic carbocycles. The maximum atomic E-state index is 12.3. The predicted molar refractivity (Wildman–Crippen MR) is 75.5 cm³/mol. The van der Waals surface area contributed by atoms with Crippen molar-refractivity contribution in [2.24, 2.45) is 0 Å². The Hall–Kier alpha value is -1.62. The van der Waals surface area contributed by atoms with E-state index in [1.54, 1.807) is 11.3 Å². The highest BCUT2D eigenvalue weighted by atomic mass is 32.1. The molecule has 1 aliphatic rings. The van der Waals surface area contributed by atoms with E-state index in [1.807, 2.05) is 39.5 Å². The van der Waals surface area contributed by atoms with Crippen molar-refractivity contribution in [1.82, 2.24) is 14.7 Å². The van der Waals surface area contributed by atoms with Gasteiger partial charge in [0, 0.05) is 24.7 Å². The van der Waals surface area contributed by atoms with Gasteiger partial charge >= 0.3 is 0 Å². The average molecular weight is 275 g/mol. The van der Waals surface area contributed by atoms with Gasteiger partial charge in [-0.15, -0.1) is 0 Å². The van der Waals surface area contributed by atoms with Crippen LogP contribution in [0.2, 0.25) is 0 Å². The average Bonchev–Trinajstić information content (AvgIpc) is 3.09. The molecule has 4 nitrogen and oxygen atoms in total. The number of hydrogen-bond donors (Lipinski definition) is 0. The first kappa shape index (κ1) is 12.4. The molecular weight excluding hydrogens is 258 g/mol. The Bertz CT molecular complexity index is 561. The van der Waals surface area contributed by atoms with E-state index in [0.717, 1.165) is 31.5 Å². The van der Waals surface area contributed by atoms with E-state index in [9.17, 15) is 4.79 Å². The van der Waals surface area contributed by atoms with Crippen molar-refractivity contribution in [3.8, 4) is 0 Å². The van der Waals surface area contributed by atoms with Gasteiger partial charge in [0.1, 0.15) is 0 Å². The minimum Gasteiger partial charge on any atom is -0.336 e. The fraction of sp³-hybridized carbons (Fsp3) is 0.429. The summed E-state index contributed by atoms with van der Waals surface area (Å²) in [4.78, 5) is 14.3. The minimum atomic E-state index is 0.148. The van der Waals surface area contributed by atoms with Crippen LogP contribution in [0.15, 0.2) is 29.2 Å². The molecule has 5 heteroatoms. The van der Waals surface area contributed by atoms with Crippen LogP contribution in [0.1, 0.15) is 34.8 Å². The standard InChI is InChI=1S/C14H17N3OS/c1-11-7-15-17(8-11)13-3-2-5-16(9-13)14(18)12-4-6-19-10-12/h4,6-8,10,13H,2-3,5,9H2,1H3. The highest BCUT2D eigenvalue weighted by molar-refractivity contribution is 7.08. The lowest BCUT2D eigenvalue weighted by Crippen LogP contribution is -2.40. The molecule has 1 aliphatic heterocycles. The molecule has 0 radical (unpaired) electrons. The van der Waals surface area contributed by atoms with Crippen molar-refractivity contribution in [2.75, 3.05) is 13.1 Å². The molecule has 0 aliphatic carbocycles. The summed E-state index contributed by atoms with van der Waals surface area (Å²) in [5, 5.41) is 8.25. The van der Waals surface area contributed by atoms with E-state index in [2.05, 4.69) is 11.3 Å². The molecule has 2 aromatic rings. The quantitative estimate of drug-likeness (QED) is 0.845. The fourth-order valence-corrected chi connectivity index (χ4v) is 3.19. The number of carbonyl (C=O) groups excluding carboxylic acids is 1. The van der Waals surface area contributed by atoms with Crippen molar-refractivity contribution in [1.29, 1.82) is 0 Å². The first-order valence-corrected chi connectivity index (χ1v) is 7.50. The lowest BCUT2D eigenvalue weighted by Gasteiger charge is -2.32. The monoisotopic (exact) mass is 275 g/mol. The van der Waals surface area contributed by atoms with Crippen molar-refractivity contribution >= 4 is 17.2 Å². The van der Waals surface area contributed by atoms with Crippen LogP contribution in [0.25, 0.3) is 0 Å². The van der Waals surface area contributed by atoms with Gasteiger partial charge in [-0.3, -0.25) is 9.48 Å². The number of nitrogens with zero attached hydrogens (tertiary/aromatic N) is 3. The van der Waals surface area contributed by atoms with E-state index in [-0.39, 0.29) is 5.91 Å². The zero-order chi connectivity index (χ0) is 13.2. The largest absolute Gasteiger partial charge is 0.336 e. The molecule has 100 valence electrons. The second-order valence-electron chi connectivity index (χ2n) is 5.06. The number of piperidine rings is 1. The van der Waals surface area contributed by atoms with Gasteiger partial charge in [0.15, 0.2) is 0 Å². The summed E-state index contributed by atoms with van der Waals surface area (Å²) >= 11 is 1.57. The minimum absolute atomic E-state index is 0.148. The summed E-state index contributed by atoms with van der Waals surface area (Å²) < 4.78 is 2.00. The van der Waals surface area contributed by atoms with Gasteiger partial charge in [-0.05, 0) is 36.8 Å². The van der Waals surface area contributed by atoms with Crippen LogP contribution in [0.3, 0.4) is 0 Å². The Morgan fingerprint density at radius 3 is 3.11 bits per heavy atom. The summed E-state index contributed by atoms with van der Waals surface area (Å²) in [5.74, 6) is 0.148. The van der Waals surface area contributed by atoms with Gasteiger partial charge in [0.25, 0.3) is 5.91 Å². The molecule has 1 fully saturated rings. The van der Waals surface area contributed by atoms with Crippen LogP contribution in [0.5, 0.6) is 0 Å². The summed E-state index contributed by atoms with van der Waals surface area (Å²) in [6, 6.07) is 2.21. The Morgan fingerprint density at radius 2 is 2.42 bits per heavy atom. The van der Waals surface area contributed by atoms with Crippen molar-refractivity contribution in [3.05, 3.63) is 40.3 Å². The summed E-state index contributed by atoms with van der Waals surface area (Å²) in [5.41, 5.74) is 1.98. The Labute approximate surface area is 116 Å². The second-order valence-corrected chi connectivity index (χ2v) is 5.84. The van der Waals surface area contributed by atoms with E-state index in [4.69, 9.17) is 0 Å². The van der Waals surface area contributed by atoms with E-state index < -0.39 is 0 Å². The normalized spacial score (nSPS) is 19.6. The maximum Gasteiger partial charge on any atom is 0.254 e. The van der Waals surface area contributed by atoms with Gasteiger partial charge in [0.2, 0.25) is 0 Å². The molecule has 19 heavy (non-hydrogen) atoms. The molecule has 0 saturated carbocycles. The Kier molecular flexibility index (Phi) is 3.38. The highest BCUT2D eigenvalue weighted by Crippen LogP contribution is 2.23. The van der Waals surface area contributed by atoms with Gasteiger partial charge in [-0.2, -0.15) is 16.4 Å². The molecule has 2 aromatic heterocycles. The molecule has 1 saturated heterocycles. The van der Waals surface area contributed by atoms with Crippen LogP contribution in [-0.2, 0) is 0 Å². The SMILES string of the molecule is Cc1cnn(C2CCCN(C(=O)c3ccsc3)C2)c1. The fourth-order valence-electron chi connectivity index (χ4n) is 2.56. The number of aryl methyl sites for hydroxylation is 1. The first-order valence-electron chi connectivity index (χ1n) is 6.56. The number of thiophene rings is 1. The number of aromatic nitrogens is 2. The second kappa shape index (κ2) is 5.17. The van der Waals surface area contributed by atoms with E-state index >= 15 is 0 Å². The van der Waals surface area contributed by atoms with Crippen LogP contribution in [0.4, 0.5) is 0 Å². The lowest BCUT2D eigenvalue weighted by molar-refractivity contribution is 0.0673. The Morgan fingerprint density at radius 1 is 1.53 bits per heavy atom. The zero-order valence-electron chi connectivity index (χ0n) is 11.0. The summed E-state index contributed by atoms with van der Waals surface area (Å²) in [7, 11) is 0. The number of amides is 1. The number of carbonyl (C=O) groups is 1. The van der Waals surface area contributed by atoms with Crippen molar-refractivity contribution in [3.63, 3.8) is 0 Å². The van der Waals surface area contributed by atoms with Crippen molar-refractivity contribution in [2.45, 2.75) is 25.8 Å². The van der Waals surface area contributed by atoms with Crippen LogP contribution >= 0.6 is 11.3 Å². The number of rotatable bonds is 2. The third-order valence-corrected chi connectivity index (χ3v) is 4.24. The third-order valence-electron chi connectivity index (χ3n) is 3.56. The number of likely N-dealkylation sites (tertiary alicyclic amines) is 1. The smallest absolute Gasteiger partial charge is 0.254 e. The first-order chi connectivity index (χ1) is 9.24. The molecule has 0 N–H and O–H groups in total. The van der Waals surface area contributed by atoms with Gasteiger partial charge < -0.3 is 4.90 Å². The van der Waals surface area contributed by atoms with Crippen molar-refractivity contribution < 1.29 is 4.79 Å². The van der Waals surface area contributed by atoms with Gasteiger partial charge in [0.05, 0.1) is 17.8 Å². The predicted octanol–water partition coefficient (Wildman–Crippen LogP) is 2.73. The maximum absolute atomic E-state index is 12.3. The molecule has 1 atom stereocenters. The zero-order valence-corrected chi connectivity index (χ0v) is 11.8.